The lowest BCUT2D eigenvalue weighted by molar-refractivity contribution is 0.0666. The minimum absolute atomic E-state index is 0.548. The normalized spacial score (nSPS) is 30.9. The Balaban J connectivity index is 2.57. The summed E-state index contributed by atoms with van der Waals surface area (Å²) in [5, 5.41) is 10.3. The van der Waals surface area contributed by atoms with E-state index in [0.29, 0.717) is 5.92 Å². The molecular weight excluding hydrogens is 172 g/mol. The molecule has 0 saturated carbocycles. The van der Waals surface area contributed by atoms with Crippen LogP contribution in [0, 0.1) is 0 Å². The average Bonchev–Trinajstić information content (AvgIpc) is 2.24. The minimum Gasteiger partial charge on any atom is -0.381 e. The highest BCUT2D eigenvalue weighted by Crippen LogP contribution is 2.41. The van der Waals surface area contributed by atoms with Crippen LogP contribution in [0.15, 0.2) is 36.9 Å². The summed E-state index contributed by atoms with van der Waals surface area (Å²) >= 11 is 0. The highest BCUT2D eigenvalue weighted by atomic mass is 16.3. The summed E-state index contributed by atoms with van der Waals surface area (Å²) in [6.45, 7) is 5.94. The van der Waals surface area contributed by atoms with Crippen LogP contribution in [-0.2, 0) is 5.60 Å². The van der Waals surface area contributed by atoms with Gasteiger partial charge < -0.3 is 5.11 Å². The second kappa shape index (κ2) is 3.25. The molecular formula is C13H16O. The van der Waals surface area contributed by atoms with Gasteiger partial charge in [-0.15, -0.1) is 0 Å². The van der Waals surface area contributed by atoms with E-state index in [2.05, 4.69) is 19.6 Å². The zero-order chi connectivity index (χ0) is 10.2. The number of fused-ring (bicyclic) bond motifs is 1. The Bertz CT molecular complexity index is 356. The maximum Gasteiger partial charge on any atom is 0.108 e. The van der Waals surface area contributed by atoms with Gasteiger partial charge in [-0.25, -0.2) is 0 Å². The molecule has 2 atom stereocenters. The lowest BCUT2D eigenvalue weighted by atomic mass is 9.74. The smallest absolute Gasteiger partial charge is 0.108 e. The first kappa shape index (κ1) is 9.47. The second-order valence-electron chi connectivity index (χ2n) is 4.16. The number of rotatable bonds is 1. The summed E-state index contributed by atoms with van der Waals surface area (Å²) in [4.78, 5) is 0. The third-order valence-electron chi connectivity index (χ3n) is 3.25. The van der Waals surface area contributed by atoms with E-state index in [0.717, 1.165) is 18.4 Å². The number of hydrogen-bond acceptors (Lipinski definition) is 1. The molecule has 1 N–H and O–H groups in total. The zero-order valence-corrected chi connectivity index (χ0v) is 8.53. The molecule has 0 heterocycles. The summed E-state index contributed by atoms with van der Waals surface area (Å²) < 4.78 is 0. The Hall–Kier alpha value is -1.08. The van der Waals surface area contributed by atoms with Crippen LogP contribution >= 0.6 is 0 Å². The van der Waals surface area contributed by atoms with E-state index in [1.54, 1.807) is 6.08 Å². The highest BCUT2D eigenvalue weighted by molar-refractivity contribution is 5.39. The average molecular weight is 188 g/mol. The van der Waals surface area contributed by atoms with Gasteiger partial charge in [0.2, 0.25) is 0 Å². The highest BCUT2D eigenvalue weighted by Gasteiger charge is 2.33. The van der Waals surface area contributed by atoms with Crippen molar-refractivity contribution >= 4 is 0 Å². The molecule has 0 fully saturated rings. The Morgan fingerprint density at radius 1 is 1.50 bits per heavy atom. The van der Waals surface area contributed by atoms with Crippen LogP contribution in [-0.4, -0.2) is 5.11 Å². The molecule has 0 spiro atoms. The molecule has 14 heavy (non-hydrogen) atoms. The van der Waals surface area contributed by atoms with Crippen LogP contribution in [0.25, 0.3) is 0 Å². The van der Waals surface area contributed by atoms with Gasteiger partial charge in [0.1, 0.15) is 5.60 Å². The summed E-state index contributed by atoms with van der Waals surface area (Å²) in [5.74, 6) is 0.548. The van der Waals surface area contributed by atoms with Crippen LogP contribution < -0.4 is 0 Å². The molecule has 1 aromatic carbocycles. The van der Waals surface area contributed by atoms with E-state index in [4.69, 9.17) is 0 Å². The summed E-state index contributed by atoms with van der Waals surface area (Å²) in [5.41, 5.74) is 1.50. The lowest BCUT2D eigenvalue weighted by Gasteiger charge is -2.34. The molecule has 1 aliphatic carbocycles. The van der Waals surface area contributed by atoms with E-state index in [1.807, 2.05) is 18.2 Å². The number of aliphatic hydroxyl groups is 1. The van der Waals surface area contributed by atoms with Crippen molar-refractivity contribution in [2.45, 2.75) is 31.3 Å². The van der Waals surface area contributed by atoms with E-state index in [9.17, 15) is 5.11 Å². The van der Waals surface area contributed by atoms with Crippen molar-refractivity contribution in [3.05, 3.63) is 48.0 Å². The van der Waals surface area contributed by atoms with E-state index < -0.39 is 5.60 Å². The molecule has 0 bridgehead atoms. The molecule has 1 aliphatic rings. The third kappa shape index (κ3) is 1.28. The van der Waals surface area contributed by atoms with Crippen molar-refractivity contribution in [2.75, 3.05) is 0 Å². The van der Waals surface area contributed by atoms with Crippen molar-refractivity contribution in [2.24, 2.45) is 0 Å². The van der Waals surface area contributed by atoms with Crippen LogP contribution in [0.3, 0.4) is 0 Å². The minimum atomic E-state index is -0.802. The van der Waals surface area contributed by atoms with Crippen LogP contribution in [0.2, 0.25) is 0 Å². The Morgan fingerprint density at radius 3 is 2.93 bits per heavy atom. The van der Waals surface area contributed by atoms with Crippen LogP contribution in [0.1, 0.15) is 36.8 Å². The summed E-state index contributed by atoms with van der Waals surface area (Å²) in [7, 11) is 0. The van der Waals surface area contributed by atoms with Crippen molar-refractivity contribution in [3.63, 3.8) is 0 Å². The van der Waals surface area contributed by atoms with Gasteiger partial charge in [-0.2, -0.15) is 0 Å². The van der Waals surface area contributed by atoms with Crippen molar-refractivity contribution < 1.29 is 5.11 Å². The molecule has 1 aromatic rings. The van der Waals surface area contributed by atoms with Crippen molar-refractivity contribution in [1.29, 1.82) is 0 Å². The molecule has 0 amide bonds. The quantitative estimate of drug-likeness (QED) is 0.672. The fraction of sp³-hybridized carbons (Fsp3) is 0.385. The zero-order valence-electron chi connectivity index (χ0n) is 8.53. The van der Waals surface area contributed by atoms with Crippen molar-refractivity contribution in [1.82, 2.24) is 0 Å². The van der Waals surface area contributed by atoms with Gasteiger partial charge in [0.05, 0.1) is 0 Å². The monoisotopic (exact) mass is 188 g/mol. The fourth-order valence-corrected chi connectivity index (χ4v) is 2.26. The predicted octanol–water partition coefficient (Wildman–Crippen LogP) is 2.96. The topological polar surface area (TPSA) is 20.2 Å². The first-order valence-electron chi connectivity index (χ1n) is 5.13. The summed E-state index contributed by atoms with van der Waals surface area (Å²) in [6, 6.07) is 8.12. The van der Waals surface area contributed by atoms with Crippen molar-refractivity contribution in [3.8, 4) is 0 Å². The van der Waals surface area contributed by atoms with E-state index in [-0.39, 0.29) is 0 Å². The van der Waals surface area contributed by atoms with Gasteiger partial charge in [0.25, 0.3) is 0 Å². The maximum absolute atomic E-state index is 10.3. The van der Waals surface area contributed by atoms with Crippen LogP contribution in [0.5, 0.6) is 0 Å². The fourth-order valence-electron chi connectivity index (χ4n) is 2.26. The molecule has 1 heteroatoms. The Labute approximate surface area is 85.1 Å². The molecule has 0 aliphatic heterocycles. The Kier molecular flexibility index (Phi) is 2.20. The van der Waals surface area contributed by atoms with Gasteiger partial charge in [-0.05, 0) is 29.9 Å². The molecule has 2 rings (SSSR count). The standard InChI is InChI=1S/C13H16O/c1-3-13(14)9-8-10(2)11-6-4-5-7-12(11)13/h3-7,10,14H,1,8-9H2,2H3. The van der Waals surface area contributed by atoms with E-state index in [1.165, 1.54) is 5.56 Å². The molecule has 74 valence electrons. The molecule has 0 radical (unpaired) electrons. The third-order valence-corrected chi connectivity index (χ3v) is 3.25. The van der Waals surface area contributed by atoms with Gasteiger partial charge in [0.15, 0.2) is 0 Å². The molecule has 2 unspecified atom stereocenters. The summed E-state index contributed by atoms with van der Waals surface area (Å²) in [6.07, 6.45) is 3.48. The number of benzene rings is 1. The largest absolute Gasteiger partial charge is 0.381 e. The lowest BCUT2D eigenvalue weighted by Crippen LogP contribution is -2.29. The second-order valence-corrected chi connectivity index (χ2v) is 4.16. The number of hydrogen-bond donors (Lipinski definition) is 1. The van der Waals surface area contributed by atoms with Gasteiger partial charge in [0, 0.05) is 0 Å². The first-order chi connectivity index (χ1) is 6.67. The van der Waals surface area contributed by atoms with E-state index >= 15 is 0 Å². The molecule has 0 aromatic heterocycles. The molecule has 1 nitrogen and oxygen atoms in total. The van der Waals surface area contributed by atoms with Crippen LogP contribution in [0.4, 0.5) is 0 Å². The molecule has 0 saturated heterocycles. The van der Waals surface area contributed by atoms with Gasteiger partial charge in [-0.3, -0.25) is 0 Å². The Morgan fingerprint density at radius 2 is 2.21 bits per heavy atom. The first-order valence-corrected chi connectivity index (χ1v) is 5.13. The van der Waals surface area contributed by atoms with Gasteiger partial charge in [-0.1, -0.05) is 43.8 Å². The predicted molar refractivity (Wildman–Crippen MR) is 58.2 cm³/mol. The maximum atomic E-state index is 10.3. The van der Waals surface area contributed by atoms with Gasteiger partial charge >= 0.3 is 0 Å². The SMILES string of the molecule is C=CC1(O)CCC(C)c2ccccc21.